The SMILES string of the molecule is Cc1nc(C(=O)N2CCCC2)cc(N2CCN(c3ncccn3)CC2)n1. The molecule has 0 atom stereocenters. The van der Waals surface area contributed by atoms with Gasteiger partial charge in [-0.05, 0) is 25.8 Å². The summed E-state index contributed by atoms with van der Waals surface area (Å²) in [5.74, 6) is 2.24. The number of carbonyl (C=O) groups is 1. The minimum absolute atomic E-state index is 0.0190. The first-order chi connectivity index (χ1) is 12.7. The first kappa shape index (κ1) is 16.7. The van der Waals surface area contributed by atoms with Crippen LogP contribution in [0, 0.1) is 6.92 Å². The molecule has 136 valence electrons. The summed E-state index contributed by atoms with van der Waals surface area (Å²) in [6.45, 7) is 6.77. The fourth-order valence-corrected chi connectivity index (χ4v) is 3.50. The molecule has 0 aromatic carbocycles. The summed E-state index contributed by atoms with van der Waals surface area (Å²) in [6.07, 6.45) is 5.68. The standard InChI is InChI=1S/C18H23N7O/c1-14-21-15(17(26)24-7-2-3-8-24)13-16(22-14)23-9-11-25(12-10-23)18-19-5-4-6-20-18/h4-6,13H,2-3,7-12H2,1H3. The second-order valence-corrected chi connectivity index (χ2v) is 6.68. The van der Waals surface area contributed by atoms with E-state index in [2.05, 4.69) is 29.7 Å². The van der Waals surface area contributed by atoms with Crippen molar-refractivity contribution >= 4 is 17.7 Å². The van der Waals surface area contributed by atoms with Crippen LogP contribution in [0.1, 0.15) is 29.2 Å². The molecule has 2 saturated heterocycles. The molecule has 8 nitrogen and oxygen atoms in total. The highest BCUT2D eigenvalue weighted by molar-refractivity contribution is 5.93. The average molecular weight is 353 g/mol. The molecule has 0 unspecified atom stereocenters. The third-order valence-corrected chi connectivity index (χ3v) is 4.88. The van der Waals surface area contributed by atoms with Crippen molar-refractivity contribution in [3.05, 3.63) is 36.0 Å². The van der Waals surface area contributed by atoms with Crippen molar-refractivity contribution in [1.82, 2.24) is 24.8 Å². The van der Waals surface area contributed by atoms with Crippen LogP contribution < -0.4 is 9.80 Å². The summed E-state index contributed by atoms with van der Waals surface area (Å²) < 4.78 is 0. The first-order valence-corrected chi connectivity index (χ1v) is 9.12. The molecule has 2 aliphatic heterocycles. The van der Waals surface area contributed by atoms with Crippen LogP contribution in [-0.4, -0.2) is 70.0 Å². The summed E-state index contributed by atoms with van der Waals surface area (Å²) in [5.41, 5.74) is 0.503. The van der Waals surface area contributed by atoms with Crippen LogP contribution >= 0.6 is 0 Å². The van der Waals surface area contributed by atoms with Gasteiger partial charge in [0.15, 0.2) is 0 Å². The van der Waals surface area contributed by atoms with Crippen LogP contribution in [0.2, 0.25) is 0 Å². The molecule has 26 heavy (non-hydrogen) atoms. The number of likely N-dealkylation sites (tertiary alicyclic amines) is 1. The summed E-state index contributed by atoms with van der Waals surface area (Å²) >= 11 is 0. The maximum atomic E-state index is 12.7. The van der Waals surface area contributed by atoms with Gasteiger partial charge in [-0.2, -0.15) is 0 Å². The lowest BCUT2D eigenvalue weighted by Crippen LogP contribution is -2.47. The lowest BCUT2D eigenvalue weighted by atomic mass is 10.2. The normalized spacial score (nSPS) is 17.7. The molecule has 0 saturated carbocycles. The topological polar surface area (TPSA) is 78.4 Å². The van der Waals surface area contributed by atoms with Crippen molar-refractivity contribution in [3.63, 3.8) is 0 Å². The van der Waals surface area contributed by atoms with Crippen molar-refractivity contribution in [1.29, 1.82) is 0 Å². The number of piperazine rings is 1. The van der Waals surface area contributed by atoms with Gasteiger partial charge in [0.2, 0.25) is 5.95 Å². The smallest absolute Gasteiger partial charge is 0.272 e. The monoisotopic (exact) mass is 353 g/mol. The third kappa shape index (κ3) is 3.44. The van der Waals surface area contributed by atoms with Gasteiger partial charge in [-0.25, -0.2) is 19.9 Å². The number of nitrogens with zero attached hydrogens (tertiary/aromatic N) is 7. The van der Waals surface area contributed by atoms with Crippen LogP contribution in [0.25, 0.3) is 0 Å². The number of hydrogen-bond acceptors (Lipinski definition) is 7. The maximum absolute atomic E-state index is 12.7. The molecule has 0 bridgehead atoms. The van der Waals surface area contributed by atoms with E-state index in [9.17, 15) is 4.79 Å². The zero-order valence-corrected chi connectivity index (χ0v) is 15.0. The maximum Gasteiger partial charge on any atom is 0.272 e. The molecule has 4 rings (SSSR count). The lowest BCUT2D eigenvalue weighted by molar-refractivity contribution is 0.0786. The first-order valence-electron chi connectivity index (χ1n) is 9.12. The van der Waals surface area contributed by atoms with E-state index in [0.29, 0.717) is 11.5 Å². The van der Waals surface area contributed by atoms with E-state index in [1.54, 1.807) is 12.4 Å². The van der Waals surface area contributed by atoms with Crippen LogP contribution in [0.15, 0.2) is 24.5 Å². The van der Waals surface area contributed by atoms with Gasteiger partial charge < -0.3 is 14.7 Å². The average Bonchev–Trinajstić information content (AvgIpc) is 3.22. The number of aromatic nitrogens is 4. The molecule has 4 heterocycles. The summed E-state index contributed by atoms with van der Waals surface area (Å²) in [4.78, 5) is 36.5. The zero-order chi connectivity index (χ0) is 17.9. The van der Waals surface area contributed by atoms with Gasteiger partial charge in [-0.15, -0.1) is 0 Å². The minimum atomic E-state index is 0.0190. The molecule has 2 fully saturated rings. The van der Waals surface area contributed by atoms with Crippen LogP contribution in [0.3, 0.4) is 0 Å². The van der Waals surface area contributed by atoms with E-state index in [0.717, 1.165) is 63.9 Å². The van der Waals surface area contributed by atoms with E-state index in [1.165, 1.54) is 0 Å². The molecule has 2 aromatic heterocycles. The number of rotatable bonds is 3. The number of anilines is 2. The second-order valence-electron chi connectivity index (χ2n) is 6.68. The fourth-order valence-electron chi connectivity index (χ4n) is 3.50. The Labute approximate surface area is 152 Å². The molecule has 0 spiro atoms. The highest BCUT2D eigenvalue weighted by Gasteiger charge is 2.24. The minimum Gasteiger partial charge on any atom is -0.353 e. The van der Waals surface area contributed by atoms with Crippen molar-refractivity contribution in [2.75, 3.05) is 49.1 Å². The Hall–Kier alpha value is -2.77. The Balaban J connectivity index is 1.47. The second kappa shape index (κ2) is 7.23. The number of hydrogen-bond donors (Lipinski definition) is 0. The van der Waals surface area contributed by atoms with Gasteiger partial charge in [0.05, 0.1) is 0 Å². The highest BCUT2D eigenvalue weighted by atomic mass is 16.2. The Morgan fingerprint density at radius 2 is 1.58 bits per heavy atom. The van der Waals surface area contributed by atoms with Crippen molar-refractivity contribution in [2.24, 2.45) is 0 Å². The van der Waals surface area contributed by atoms with Gasteiger partial charge >= 0.3 is 0 Å². The van der Waals surface area contributed by atoms with Gasteiger partial charge in [-0.3, -0.25) is 4.79 Å². The van der Waals surface area contributed by atoms with Crippen LogP contribution in [0.4, 0.5) is 11.8 Å². The largest absolute Gasteiger partial charge is 0.353 e. The molecule has 0 radical (unpaired) electrons. The Kier molecular flexibility index (Phi) is 4.64. The van der Waals surface area contributed by atoms with E-state index in [4.69, 9.17) is 0 Å². The highest BCUT2D eigenvalue weighted by Crippen LogP contribution is 2.19. The van der Waals surface area contributed by atoms with Crippen molar-refractivity contribution in [3.8, 4) is 0 Å². The summed E-state index contributed by atoms with van der Waals surface area (Å²) in [5, 5.41) is 0. The lowest BCUT2D eigenvalue weighted by Gasteiger charge is -2.35. The fraction of sp³-hybridized carbons (Fsp3) is 0.500. The number of aryl methyl sites for hydroxylation is 1. The van der Waals surface area contributed by atoms with Crippen LogP contribution in [-0.2, 0) is 0 Å². The zero-order valence-electron chi connectivity index (χ0n) is 15.0. The molecular weight excluding hydrogens is 330 g/mol. The molecule has 0 N–H and O–H groups in total. The Morgan fingerprint density at radius 1 is 0.923 bits per heavy atom. The summed E-state index contributed by atoms with van der Waals surface area (Å²) in [7, 11) is 0. The molecular formula is C18H23N7O. The number of amides is 1. The van der Waals surface area contributed by atoms with E-state index in [1.807, 2.05) is 24.0 Å². The van der Waals surface area contributed by atoms with Gasteiger partial charge in [0.25, 0.3) is 5.91 Å². The predicted molar refractivity (Wildman–Crippen MR) is 98.4 cm³/mol. The van der Waals surface area contributed by atoms with E-state index < -0.39 is 0 Å². The van der Waals surface area contributed by atoms with E-state index >= 15 is 0 Å². The van der Waals surface area contributed by atoms with Crippen LogP contribution in [0.5, 0.6) is 0 Å². The quantitative estimate of drug-likeness (QED) is 0.819. The molecule has 1 amide bonds. The molecule has 0 aliphatic carbocycles. The van der Waals surface area contributed by atoms with Gasteiger partial charge in [0.1, 0.15) is 17.3 Å². The van der Waals surface area contributed by atoms with Crippen molar-refractivity contribution in [2.45, 2.75) is 19.8 Å². The molecule has 2 aliphatic rings. The predicted octanol–water partition coefficient (Wildman–Crippen LogP) is 1.14. The van der Waals surface area contributed by atoms with Gasteiger partial charge in [-0.1, -0.05) is 0 Å². The molecule has 2 aromatic rings. The Bertz CT molecular complexity index is 768. The molecule has 8 heteroatoms. The van der Waals surface area contributed by atoms with Gasteiger partial charge in [0, 0.05) is 57.7 Å². The van der Waals surface area contributed by atoms with Crippen molar-refractivity contribution < 1.29 is 4.79 Å². The van der Waals surface area contributed by atoms with E-state index in [-0.39, 0.29) is 5.91 Å². The Morgan fingerprint density at radius 3 is 2.27 bits per heavy atom. The summed E-state index contributed by atoms with van der Waals surface area (Å²) in [6, 6.07) is 3.66. The third-order valence-electron chi connectivity index (χ3n) is 4.88. The number of carbonyl (C=O) groups excluding carboxylic acids is 1.